The SMILES string of the molecule is COCc1ccc(OC)cc1C(N)C(=O)O. The van der Waals surface area contributed by atoms with Crippen LogP contribution >= 0.6 is 0 Å². The molecule has 0 saturated carbocycles. The smallest absolute Gasteiger partial charge is 0.325 e. The van der Waals surface area contributed by atoms with Crippen LogP contribution in [0.3, 0.4) is 0 Å². The number of rotatable bonds is 5. The van der Waals surface area contributed by atoms with Crippen molar-refractivity contribution in [3.8, 4) is 5.75 Å². The third-order valence-corrected chi connectivity index (χ3v) is 2.25. The van der Waals surface area contributed by atoms with Crippen molar-refractivity contribution >= 4 is 5.97 Å². The maximum atomic E-state index is 10.8. The van der Waals surface area contributed by atoms with Crippen LogP contribution in [-0.2, 0) is 16.1 Å². The highest BCUT2D eigenvalue weighted by atomic mass is 16.5. The highest BCUT2D eigenvalue weighted by molar-refractivity contribution is 5.76. The maximum Gasteiger partial charge on any atom is 0.325 e. The number of ether oxygens (including phenoxy) is 2. The fraction of sp³-hybridized carbons (Fsp3) is 0.364. The van der Waals surface area contributed by atoms with Crippen LogP contribution < -0.4 is 10.5 Å². The Morgan fingerprint density at radius 2 is 2.19 bits per heavy atom. The zero-order valence-corrected chi connectivity index (χ0v) is 9.27. The molecule has 88 valence electrons. The lowest BCUT2D eigenvalue weighted by molar-refractivity contribution is -0.138. The molecule has 0 radical (unpaired) electrons. The number of methoxy groups -OCH3 is 2. The number of nitrogens with two attached hydrogens (primary N) is 1. The molecule has 5 heteroatoms. The predicted octanol–water partition coefficient (Wildman–Crippen LogP) is 0.926. The Morgan fingerprint density at radius 1 is 1.50 bits per heavy atom. The number of carboxylic acid groups (broad SMARTS) is 1. The number of carbonyl (C=O) groups is 1. The van der Waals surface area contributed by atoms with Gasteiger partial charge in [-0.2, -0.15) is 0 Å². The van der Waals surface area contributed by atoms with E-state index >= 15 is 0 Å². The lowest BCUT2D eigenvalue weighted by Gasteiger charge is -2.14. The molecular weight excluding hydrogens is 210 g/mol. The quantitative estimate of drug-likeness (QED) is 0.778. The van der Waals surface area contributed by atoms with Crippen molar-refractivity contribution in [3.63, 3.8) is 0 Å². The van der Waals surface area contributed by atoms with Gasteiger partial charge in [0.15, 0.2) is 0 Å². The summed E-state index contributed by atoms with van der Waals surface area (Å²) in [6.45, 7) is 0.320. The summed E-state index contributed by atoms with van der Waals surface area (Å²) in [5.41, 5.74) is 6.84. The van der Waals surface area contributed by atoms with Gasteiger partial charge in [-0.3, -0.25) is 4.79 Å². The number of carboxylic acids is 1. The van der Waals surface area contributed by atoms with Crippen LogP contribution in [0.4, 0.5) is 0 Å². The summed E-state index contributed by atoms with van der Waals surface area (Å²) < 4.78 is 10.0. The van der Waals surface area contributed by atoms with E-state index in [1.54, 1.807) is 25.3 Å². The minimum absolute atomic E-state index is 0.320. The molecular formula is C11H15NO4. The number of hydrogen-bond donors (Lipinski definition) is 2. The highest BCUT2D eigenvalue weighted by Gasteiger charge is 2.18. The van der Waals surface area contributed by atoms with E-state index in [9.17, 15) is 4.79 Å². The van der Waals surface area contributed by atoms with Crippen molar-refractivity contribution in [1.82, 2.24) is 0 Å². The molecule has 0 aromatic heterocycles. The van der Waals surface area contributed by atoms with Crippen LogP contribution in [0.5, 0.6) is 5.75 Å². The molecule has 5 nitrogen and oxygen atoms in total. The van der Waals surface area contributed by atoms with Gasteiger partial charge in [-0.25, -0.2) is 0 Å². The van der Waals surface area contributed by atoms with Crippen molar-refractivity contribution < 1.29 is 19.4 Å². The molecule has 0 amide bonds. The van der Waals surface area contributed by atoms with E-state index in [1.807, 2.05) is 0 Å². The van der Waals surface area contributed by atoms with Gasteiger partial charge in [0.2, 0.25) is 0 Å². The van der Waals surface area contributed by atoms with E-state index in [2.05, 4.69) is 0 Å². The van der Waals surface area contributed by atoms with Crippen LogP contribution in [0.15, 0.2) is 18.2 Å². The lowest BCUT2D eigenvalue weighted by Crippen LogP contribution is -2.22. The Morgan fingerprint density at radius 3 is 2.69 bits per heavy atom. The summed E-state index contributed by atoms with van der Waals surface area (Å²) >= 11 is 0. The molecule has 0 saturated heterocycles. The second-order valence-corrected chi connectivity index (χ2v) is 3.31. The van der Waals surface area contributed by atoms with Gasteiger partial charge in [-0.1, -0.05) is 6.07 Å². The Kier molecular flexibility index (Phi) is 4.28. The number of hydrogen-bond acceptors (Lipinski definition) is 4. The van der Waals surface area contributed by atoms with E-state index in [-0.39, 0.29) is 0 Å². The van der Waals surface area contributed by atoms with Crippen molar-refractivity contribution in [2.75, 3.05) is 14.2 Å². The van der Waals surface area contributed by atoms with Crippen LogP contribution in [0.25, 0.3) is 0 Å². The topological polar surface area (TPSA) is 81.8 Å². The van der Waals surface area contributed by atoms with E-state index in [0.717, 1.165) is 5.56 Å². The molecule has 0 spiro atoms. The molecule has 1 aromatic carbocycles. The van der Waals surface area contributed by atoms with Gasteiger partial charge in [0.1, 0.15) is 11.8 Å². The number of benzene rings is 1. The molecule has 1 unspecified atom stereocenters. The summed E-state index contributed by atoms with van der Waals surface area (Å²) in [6, 6.07) is 4.04. The van der Waals surface area contributed by atoms with Gasteiger partial charge in [0, 0.05) is 7.11 Å². The molecule has 0 bridgehead atoms. The minimum atomic E-state index is -1.08. The molecule has 16 heavy (non-hydrogen) atoms. The molecule has 0 fully saturated rings. The Balaban J connectivity index is 3.14. The van der Waals surface area contributed by atoms with Crippen molar-refractivity contribution in [3.05, 3.63) is 29.3 Å². The zero-order chi connectivity index (χ0) is 12.1. The molecule has 1 rings (SSSR count). The van der Waals surface area contributed by atoms with Crippen molar-refractivity contribution in [1.29, 1.82) is 0 Å². The number of aliphatic carboxylic acids is 1. The van der Waals surface area contributed by atoms with Gasteiger partial charge in [0.05, 0.1) is 13.7 Å². The summed E-state index contributed by atoms with van der Waals surface area (Å²) in [7, 11) is 3.06. The second kappa shape index (κ2) is 5.48. The van der Waals surface area contributed by atoms with Crippen LogP contribution in [-0.4, -0.2) is 25.3 Å². The first-order chi connectivity index (χ1) is 7.60. The predicted molar refractivity (Wildman–Crippen MR) is 58.3 cm³/mol. The van der Waals surface area contributed by atoms with E-state index in [0.29, 0.717) is 17.9 Å². The fourth-order valence-electron chi connectivity index (χ4n) is 1.41. The van der Waals surface area contributed by atoms with E-state index in [1.165, 1.54) is 7.11 Å². The first kappa shape index (κ1) is 12.5. The van der Waals surface area contributed by atoms with Gasteiger partial charge >= 0.3 is 5.97 Å². The second-order valence-electron chi connectivity index (χ2n) is 3.31. The van der Waals surface area contributed by atoms with Gasteiger partial charge in [-0.15, -0.1) is 0 Å². The summed E-state index contributed by atoms with van der Waals surface area (Å²) in [5, 5.41) is 8.89. The van der Waals surface area contributed by atoms with Gasteiger partial charge < -0.3 is 20.3 Å². The summed E-state index contributed by atoms with van der Waals surface area (Å²) in [5.74, 6) is -0.503. The van der Waals surface area contributed by atoms with Gasteiger partial charge in [0.25, 0.3) is 0 Å². The van der Waals surface area contributed by atoms with Gasteiger partial charge in [-0.05, 0) is 23.3 Å². The average Bonchev–Trinajstić information content (AvgIpc) is 2.29. The van der Waals surface area contributed by atoms with Crippen LogP contribution in [0, 0.1) is 0 Å². The third-order valence-electron chi connectivity index (χ3n) is 2.25. The Hall–Kier alpha value is -1.59. The third kappa shape index (κ3) is 2.71. The fourth-order valence-corrected chi connectivity index (χ4v) is 1.41. The maximum absolute atomic E-state index is 10.8. The molecule has 0 aliphatic carbocycles. The first-order valence-electron chi connectivity index (χ1n) is 4.74. The Labute approximate surface area is 93.8 Å². The standard InChI is InChI=1S/C11H15NO4/c1-15-6-7-3-4-8(16-2)5-9(7)10(12)11(13)14/h3-5,10H,6,12H2,1-2H3,(H,13,14). The monoisotopic (exact) mass is 225 g/mol. The minimum Gasteiger partial charge on any atom is -0.497 e. The van der Waals surface area contributed by atoms with Crippen LogP contribution in [0.1, 0.15) is 17.2 Å². The van der Waals surface area contributed by atoms with E-state index < -0.39 is 12.0 Å². The van der Waals surface area contributed by atoms with Crippen molar-refractivity contribution in [2.24, 2.45) is 5.73 Å². The normalized spacial score (nSPS) is 12.2. The van der Waals surface area contributed by atoms with Crippen molar-refractivity contribution in [2.45, 2.75) is 12.6 Å². The lowest BCUT2D eigenvalue weighted by atomic mass is 10.0. The largest absolute Gasteiger partial charge is 0.497 e. The molecule has 0 aliphatic rings. The first-order valence-corrected chi connectivity index (χ1v) is 4.74. The molecule has 1 atom stereocenters. The molecule has 0 heterocycles. The van der Waals surface area contributed by atoms with E-state index in [4.69, 9.17) is 20.3 Å². The summed E-state index contributed by atoms with van der Waals surface area (Å²) in [6.07, 6.45) is 0. The zero-order valence-electron chi connectivity index (χ0n) is 9.27. The molecule has 1 aromatic rings. The average molecular weight is 225 g/mol. The highest BCUT2D eigenvalue weighted by Crippen LogP contribution is 2.23. The van der Waals surface area contributed by atoms with Crippen LogP contribution in [0.2, 0.25) is 0 Å². The molecule has 0 aliphatic heterocycles. The summed E-state index contributed by atoms with van der Waals surface area (Å²) in [4.78, 5) is 10.8. The molecule has 3 N–H and O–H groups in total. The Bertz CT molecular complexity index is 378.